The molecule has 128 valence electrons. The first-order chi connectivity index (χ1) is 12.3. The van der Waals surface area contributed by atoms with Crippen molar-refractivity contribution in [3.05, 3.63) is 60.2 Å². The fourth-order valence-electron chi connectivity index (χ4n) is 3.18. The molecule has 0 aliphatic carbocycles. The second-order valence-corrected chi connectivity index (χ2v) is 6.27. The summed E-state index contributed by atoms with van der Waals surface area (Å²) < 4.78 is 10.7. The van der Waals surface area contributed by atoms with Crippen LogP contribution in [-0.2, 0) is 6.54 Å². The smallest absolute Gasteiger partial charge is 0.231 e. The Labute approximate surface area is 146 Å². The first kappa shape index (κ1) is 15.8. The lowest BCUT2D eigenvalue weighted by Gasteiger charge is -2.15. The zero-order chi connectivity index (χ0) is 17.1. The van der Waals surface area contributed by atoms with E-state index in [9.17, 15) is 0 Å². The summed E-state index contributed by atoms with van der Waals surface area (Å²) in [6.07, 6.45) is 4.52. The molecule has 1 aliphatic heterocycles. The molecule has 0 N–H and O–H groups in total. The van der Waals surface area contributed by atoms with Gasteiger partial charge in [-0.2, -0.15) is 4.98 Å². The minimum Gasteiger partial charge on any atom is -0.497 e. The normalized spacial score (nSPS) is 17.7. The molecule has 1 aliphatic rings. The van der Waals surface area contributed by atoms with Crippen LogP contribution in [0, 0.1) is 0 Å². The molecule has 6 nitrogen and oxygen atoms in total. The molecule has 6 heteroatoms. The summed E-state index contributed by atoms with van der Waals surface area (Å²) in [4.78, 5) is 11.1. The lowest BCUT2D eigenvalue weighted by atomic mass is 10.1. The molecule has 3 heterocycles. The van der Waals surface area contributed by atoms with E-state index < -0.39 is 0 Å². The number of ether oxygens (including phenoxy) is 1. The van der Waals surface area contributed by atoms with Crippen LogP contribution in [0.1, 0.15) is 23.8 Å². The van der Waals surface area contributed by atoms with Crippen molar-refractivity contribution in [1.82, 2.24) is 20.0 Å². The van der Waals surface area contributed by atoms with Crippen LogP contribution in [0.2, 0.25) is 0 Å². The lowest BCUT2D eigenvalue weighted by molar-refractivity contribution is 0.309. The van der Waals surface area contributed by atoms with E-state index in [0.29, 0.717) is 5.82 Å². The third kappa shape index (κ3) is 3.53. The van der Waals surface area contributed by atoms with Crippen LogP contribution >= 0.6 is 0 Å². The average molecular weight is 336 g/mol. The number of pyridine rings is 1. The molecular weight excluding hydrogens is 316 g/mol. The number of nitrogens with zero attached hydrogens (tertiary/aromatic N) is 4. The van der Waals surface area contributed by atoms with E-state index in [0.717, 1.165) is 43.3 Å². The molecule has 3 aromatic rings. The standard InChI is InChI=1S/C19H20N4O2/c1-24-17-6-4-14(5-7-17)12-23-10-8-16(13-23)19-21-18(22-25-19)15-3-2-9-20-11-15/h2-7,9,11,16H,8,10,12-13H2,1H3. The largest absolute Gasteiger partial charge is 0.497 e. The summed E-state index contributed by atoms with van der Waals surface area (Å²) in [7, 11) is 1.68. The van der Waals surface area contributed by atoms with Crippen LogP contribution in [-0.4, -0.2) is 40.2 Å². The molecule has 1 aromatic carbocycles. The predicted octanol–water partition coefficient (Wildman–Crippen LogP) is 3.13. The predicted molar refractivity (Wildman–Crippen MR) is 93.2 cm³/mol. The van der Waals surface area contributed by atoms with Crippen LogP contribution in [0.3, 0.4) is 0 Å². The maximum atomic E-state index is 5.50. The van der Waals surface area contributed by atoms with E-state index in [4.69, 9.17) is 9.26 Å². The summed E-state index contributed by atoms with van der Waals surface area (Å²) in [5.41, 5.74) is 2.16. The number of hydrogen-bond acceptors (Lipinski definition) is 6. The monoisotopic (exact) mass is 336 g/mol. The van der Waals surface area contributed by atoms with Crippen LogP contribution in [0.15, 0.2) is 53.3 Å². The number of methoxy groups -OCH3 is 1. The quantitative estimate of drug-likeness (QED) is 0.713. The van der Waals surface area contributed by atoms with Crippen LogP contribution < -0.4 is 4.74 Å². The Morgan fingerprint density at radius 3 is 2.88 bits per heavy atom. The van der Waals surface area contributed by atoms with E-state index in [-0.39, 0.29) is 5.92 Å². The fraction of sp³-hybridized carbons (Fsp3) is 0.316. The summed E-state index contributed by atoms with van der Waals surface area (Å²) in [6, 6.07) is 12.0. The molecule has 1 atom stereocenters. The highest BCUT2D eigenvalue weighted by Crippen LogP contribution is 2.28. The van der Waals surface area contributed by atoms with E-state index in [2.05, 4.69) is 32.2 Å². The number of hydrogen-bond donors (Lipinski definition) is 0. The van der Waals surface area contributed by atoms with Crippen LogP contribution in [0.4, 0.5) is 0 Å². The van der Waals surface area contributed by atoms with Crippen molar-refractivity contribution in [2.24, 2.45) is 0 Å². The molecule has 1 saturated heterocycles. The van der Waals surface area contributed by atoms with Gasteiger partial charge in [-0.15, -0.1) is 0 Å². The Bertz CT molecular complexity index is 817. The third-order valence-electron chi connectivity index (χ3n) is 4.55. The second kappa shape index (κ2) is 7.03. The molecule has 4 rings (SSSR count). The van der Waals surface area contributed by atoms with Crippen LogP contribution in [0.5, 0.6) is 5.75 Å². The number of aromatic nitrogens is 3. The van der Waals surface area contributed by atoms with Crippen LogP contribution in [0.25, 0.3) is 11.4 Å². The van der Waals surface area contributed by atoms with Crippen molar-refractivity contribution in [3.8, 4) is 17.1 Å². The molecule has 25 heavy (non-hydrogen) atoms. The van der Waals surface area contributed by atoms with Gasteiger partial charge in [0, 0.05) is 31.0 Å². The van der Waals surface area contributed by atoms with E-state index in [1.807, 2.05) is 24.3 Å². The highest BCUT2D eigenvalue weighted by atomic mass is 16.5. The van der Waals surface area contributed by atoms with Crippen molar-refractivity contribution >= 4 is 0 Å². The highest BCUT2D eigenvalue weighted by Gasteiger charge is 2.28. The lowest BCUT2D eigenvalue weighted by Crippen LogP contribution is -2.19. The number of likely N-dealkylation sites (tertiary alicyclic amines) is 1. The first-order valence-electron chi connectivity index (χ1n) is 8.41. The topological polar surface area (TPSA) is 64.3 Å². The van der Waals surface area contributed by atoms with Crippen molar-refractivity contribution < 1.29 is 9.26 Å². The summed E-state index contributed by atoms with van der Waals surface area (Å²) >= 11 is 0. The molecule has 1 unspecified atom stereocenters. The Kier molecular flexibility index (Phi) is 4.43. The van der Waals surface area contributed by atoms with E-state index in [1.165, 1.54) is 5.56 Å². The summed E-state index contributed by atoms with van der Waals surface area (Å²) in [5, 5.41) is 4.10. The molecule has 0 amide bonds. The Morgan fingerprint density at radius 1 is 1.24 bits per heavy atom. The average Bonchev–Trinajstić information content (AvgIpc) is 3.32. The van der Waals surface area contributed by atoms with Gasteiger partial charge in [-0.05, 0) is 42.8 Å². The zero-order valence-electron chi connectivity index (χ0n) is 14.1. The molecule has 2 aromatic heterocycles. The SMILES string of the molecule is COc1ccc(CN2CCC(c3nc(-c4cccnc4)no3)C2)cc1. The van der Waals surface area contributed by atoms with E-state index in [1.54, 1.807) is 19.5 Å². The highest BCUT2D eigenvalue weighted by molar-refractivity contribution is 5.51. The van der Waals surface area contributed by atoms with Gasteiger partial charge in [0.25, 0.3) is 0 Å². The molecule has 0 bridgehead atoms. The van der Waals surface area contributed by atoms with E-state index >= 15 is 0 Å². The van der Waals surface area contributed by atoms with Crippen molar-refractivity contribution in [2.75, 3.05) is 20.2 Å². The fourth-order valence-corrected chi connectivity index (χ4v) is 3.18. The van der Waals surface area contributed by atoms with Crippen molar-refractivity contribution in [2.45, 2.75) is 18.9 Å². The maximum Gasteiger partial charge on any atom is 0.231 e. The minimum absolute atomic E-state index is 0.288. The van der Waals surface area contributed by atoms with Gasteiger partial charge >= 0.3 is 0 Å². The summed E-state index contributed by atoms with van der Waals surface area (Å²) in [5.74, 6) is 2.50. The minimum atomic E-state index is 0.288. The van der Waals surface area contributed by atoms with Crippen molar-refractivity contribution in [1.29, 1.82) is 0 Å². The molecule has 1 fully saturated rings. The van der Waals surface area contributed by atoms with Gasteiger partial charge < -0.3 is 9.26 Å². The van der Waals surface area contributed by atoms with Crippen molar-refractivity contribution in [3.63, 3.8) is 0 Å². The third-order valence-corrected chi connectivity index (χ3v) is 4.55. The van der Waals surface area contributed by atoms with Gasteiger partial charge in [0.15, 0.2) is 0 Å². The first-order valence-corrected chi connectivity index (χ1v) is 8.41. The van der Waals surface area contributed by atoms with Gasteiger partial charge in [0.2, 0.25) is 11.7 Å². The van der Waals surface area contributed by atoms with Gasteiger partial charge in [-0.1, -0.05) is 17.3 Å². The summed E-state index contributed by atoms with van der Waals surface area (Å²) in [6.45, 7) is 2.88. The van der Waals surface area contributed by atoms with Gasteiger partial charge in [-0.3, -0.25) is 9.88 Å². The Hall–Kier alpha value is -2.73. The zero-order valence-corrected chi connectivity index (χ0v) is 14.1. The number of rotatable bonds is 5. The number of benzene rings is 1. The molecule has 0 saturated carbocycles. The Balaban J connectivity index is 1.39. The molecular formula is C19H20N4O2. The van der Waals surface area contributed by atoms with Gasteiger partial charge in [-0.25, -0.2) is 0 Å². The molecule has 0 radical (unpaired) electrons. The van der Waals surface area contributed by atoms with Gasteiger partial charge in [0.05, 0.1) is 13.0 Å². The second-order valence-electron chi connectivity index (χ2n) is 6.27. The Morgan fingerprint density at radius 2 is 2.12 bits per heavy atom. The van der Waals surface area contributed by atoms with Gasteiger partial charge in [0.1, 0.15) is 5.75 Å². The molecule has 0 spiro atoms. The maximum absolute atomic E-state index is 5.50.